The molecule has 0 fully saturated rings. The van der Waals surface area contributed by atoms with Crippen molar-refractivity contribution in [3.63, 3.8) is 0 Å². The van der Waals surface area contributed by atoms with Crippen molar-refractivity contribution in [1.82, 2.24) is 10.3 Å². The van der Waals surface area contributed by atoms with Crippen molar-refractivity contribution < 1.29 is 9.59 Å². The van der Waals surface area contributed by atoms with E-state index in [2.05, 4.69) is 15.6 Å². The van der Waals surface area contributed by atoms with Gasteiger partial charge in [-0.2, -0.15) is 0 Å². The number of nitrogens with zero attached hydrogens (tertiary/aromatic N) is 1. The first-order valence-electron chi connectivity index (χ1n) is 7.00. The molecule has 2 aromatic rings. The van der Waals surface area contributed by atoms with E-state index in [9.17, 15) is 9.59 Å². The number of aryl methyl sites for hydroxylation is 2. The number of anilines is 1. The molecular formula is C16H19N3O2S. The molecule has 0 spiro atoms. The predicted octanol–water partition coefficient (Wildman–Crippen LogP) is 2.97. The lowest BCUT2D eigenvalue weighted by Gasteiger charge is -2.18. The lowest BCUT2D eigenvalue weighted by Crippen LogP contribution is -2.29. The molecule has 0 saturated carbocycles. The van der Waals surface area contributed by atoms with Gasteiger partial charge in [-0.1, -0.05) is 29.8 Å². The van der Waals surface area contributed by atoms with Crippen LogP contribution in [0.2, 0.25) is 0 Å². The van der Waals surface area contributed by atoms with E-state index < -0.39 is 0 Å². The van der Waals surface area contributed by atoms with Gasteiger partial charge in [-0.25, -0.2) is 4.98 Å². The second-order valence-electron chi connectivity index (χ2n) is 5.19. The third-order valence-electron chi connectivity index (χ3n) is 3.11. The second-order valence-corrected chi connectivity index (χ2v) is 6.43. The van der Waals surface area contributed by atoms with Crippen LogP contribution >= 0.6 is 11.3 Å². The second kappa shape index (κ2) is 7.17. The number of hydrogen-bond donors (Lipinski definition) is 2. The topological polar surface area (TPSA) is 71.1 Å². The zero-order chi connectivity index (χ0) is 16.1. The molecule has 6 heteroatoms. The smallest absolute Gasteiger partial charge is 0.228 e. The normalized spacial score (nSPS) is 11.8. The average molecular weight is 317 g/mol. The van der Waals surface area contributed by atoms with Gasteiger partial charge in [-0.05, 0) is 19.4 Å². The maximum absolute atomic E-state index is 12.2. The molecule has 5 nitrogen and oxygen atoms in total. The van der Waals surface area contributed by atoms with Gasteiger partial charge < -0.3 is 10.6 Å². The first-order chi connectivity index (χ1) is 10.4. The Morgan fingerprint density at radius 2 is 1.91 bits per heavy atom. The van der Waals surface area contributed by atoms with Crippen molar-refractivity contribution in [2.24, 2.45) is 0 Å². The average Bonchev–Trinajstić information content (AvgIpc) is 2.83. The van der Waals surface area contributed by atoms with Gasteiger partial charge in [0.25, 0.3) is 0 Å². The lowest BCUT2D eigenvalue weighted by atomic mass is 10.0. The fourth-order valence-corrected chi connectivity index (χ4v) is 2.75. The fraction of sp³-hybridized carbons (Fsp3) is 0.312. The van der Waals surface area contributed by atoms with Crippen molar-refractivity contribution in [2.45, 2.75) is 33.2 Å². The molecule has 0 saturated heterocycles. The van der Waals surface area contributed by atoms with Crippen molar-refractivity contribution >= 4 is 28.3 Å². The highest BCUT2D eigenvalue weighted by Gasteiger charge is 2.17. The lowest BCUT2D eigenvalue weighted by molar-refractivity contribution is -0.120. The van der Waals surface area contributed by atoms with Crippen LogP contribution in [0.25, 0.3) is 0 Å². The summed E-state index contributed by atoms with van der Waals surface area (Å²) < 4.78 is 0. The van der Waals surface area contributed by atoms with Crippen LogP contribution < -0.4 is 10.6 Å². The minimum atomic E-state index is -0.348. The van der Waals surface area contributed by atoms with Gasteiger partial charge in [-0.3, -0.25) is 9.59 Å². The van der Waals surface area contributed by atoms with Gasteiger partial charge in [0, 0.05) is 18.0 Å². The Labute approximate surface area is 133 Å². The third-order valence-corrected chi connectivity index (χ3v) is 3.94. The van der Waals surface area contributed by atoms with Gasteiger partial charge in [0.15, 0.2) is 5.13 Å². The van der Waals surface area contributed by atoms with Crippen LogP contribution in [0.15, 0.2) is 30.5 Å². The van der Waals surface area contributed by atoms with Crippen LogP contribution in [0.1, 0.15) is 35.4 Å². The number of amides is 2. The van der Waals surface area contributed by atoms with Gasteiger partial charge in [0.2, 0.25) is 11.8 Å². The molecule has 0 radical (unpaired) electrons. The summed E-state index contributed by atoms with van der Waals surface area (Å²) in [5.41, 5.74) is 2.04. The number of carbonyl (C=O) groups excluding carboxylic acids is 2. The third kappa shape index (κ3) is 4.66. The Hall–Kier alpha value is -2.21. The summed E-state index contributed by atoms with van der Waals surface area (Å²) in [4.78, 5) is 28.7. The van der Waals surface area contributed by atoms with Crippen LogP contribution in [0.5, 0.6) is 0 Å². The monoisotopic (exact) mass is 317 g/mol. The maximum Gasteiger partial charge on any atom is 0.228 e. The van der Waals surface area contributed by atoms with E-state index in [4.69, 9.17) is 0 Å². The Kier molecular flexibility index (Phi) is 5.27. The molecule has 0 aliphatic rings. The quantitative estimate of drug-likeness (QED) is 0.890. The number of nitrogens with one attached hydrogen (secondary N) is 2. The molecule has 22 heavy (non-hydrogen) atoms. The molecule has 0 aliphatic heterocycles. The van der Waals surface area contributed by atoms with Gasteiger partial charge in [0.05, 0.1) is 12.5 Å². The highest BCUT2D eigenvalue weighted by atomic mass is 32.1. The predicted molar refractivity (Wildman–Crippen MR) is 87.8 cm³/mol. The van der Waals surface area contributed by atoms with Crippen molar-refractivity contribution in [3.05, 3.63) is 46.5 Å². The van der Waals surface area contributed by atoms with Crippen molar-refractivity contribution in [2.75, 3.05) is 5.32 Å². The Balaban J connectivity index is 2.07. The molecule has 2 amide bonds. The van der Waals surface area contributed by atoms with E-state index in [1.54, 1.807) is 6.20 Å². The van der Waals surface area contributed by atoms with Crippen LogP contribution in [0.3, 0.4) is 0 Å². The van der Waals surface area contributed by atoms with Crippen molar-refractivity contribution in [3.8, 4) is 0 Å². The number of carbonyl (C=O) groups is 2. The molecule has 1 aromatic heterocycles. The summed E-state index contributed by atoms with van der Waals surface area (Å²) in [6.07, 6.45) is 1.88. The van der Waals surface area contributed by atoms with Crippen LogP contribution in [0, 0.1) is 13.8 Å². The van der Waals surface area contributed by atoms with Crippen LogP contribution in [-0.2, 0) is 9.59 Å². The molecule has 2 rings (SSSR count). The van der Waals surface area contributed by atoms with E-state index in [1.165, 1.54) is 18.3 Å². The molecule has 1 atom stereocenters. The number of benzene rings is 1. The van der Waals surface area contributed by atoms with E-state index in [1.807, 2.05) is 38.1 Å². The standard InChI is InChI=1S/C16H19N3O2S/c1-10-4-6-13(7-5-10)14(18-12(3)20)8-15(21)19-16-17-9-11(2)22-16/h4-7,9,14H,8H2,1-3H3,(H,18,20)(H,17,19,21). The SMILES string of the molecule is CC(=O)NC(CC(=O)Nc1ncc(C)s1)c1ccc(C)cc1. The summed E-state index contributed by atoms with van der Waals surface area (Å²) in [6.45, 7) is 5.37. The summed E-state index contributed by atoms with van der Waals surface area (Å²) in [5, 5.41) is 6.16. The summed E-state index contributed by atoms with van der Waals surface area (Å²) >= 11 is 1.42. The van der Waals surface area contributed by atoms with Gasteiger partial charge in [-0.15, -0.1) is 11.3 Å². The fourth-order valence-electron chi connectivity index (χ4n) is 2.06. The van der Waals surface area contributed by atoms with Crippen molar-refractivity contribution in [1.29, 1.82) is 0 Å². The highest BCUT2D eigenvalue weighted by molar-refractivity contribution is 7.15. The van der Waals surface area contributed by atoms with Crippen LogP contribution in [0.4, 0.5) is 5.13 Å². The number of rotatable bonds is 5. The first-order valence-corrected chi connectivity index (χ1v) is 7.81. The summed E-state index contributed by atoms with van der Waals surface area (Å²) in [5.74, 6) is -0.336. The van der Waals surface area contributed by atoms with E-state index in [-0.39, 0.29) is 24.3 Å². The molecule has 1 heterocycles. The molecule has 1 unspecified atom stereocenters. The van der Waals surface area contributed by atoms with Crippen LogP contribution in [-0.4, -0.2) is 16.8 Å². The van der Waals surface area contributed by atoms with E-state index >= 15 is 0 Å². The Morgan fingerprint density at radius 3 is 2.45 bits per heavy atom. The van der Waals surface area contributed by atoms with Gasteiger partial charge >= 0.3 is 0 Å². The Morgan fingerprint density at radius 1 is 1.23 bits per heavy atom. The molecular weight excluding hydrogens is 298 g/mol. The minimum Gasteiger partial charge on any atom is -0.349 e. The van der Waals surface area contributed by atoms with E-state index in [0.29, 0.717) is 5.13 Å². The van der Waals surface area contributed by atoms with Gasteiger partial charge in [0.1, 0.15) is 0 Å². The zero-order valence-corrected chi connectivity index (χ0v) is 13.7. The zero-order valence-electron chi connectivity index (χ0n) is 12.8. The maximum atomic E-state index is 12.2. The highest BCUT2D eigenvalue weighted by Crippen LogP contribution is 2.20. The molecule has 0 aliphatic carbocycles. The molecule has 1 aromatic carbocycles. The largest absolute Gasteiger partial charge is 0.349 e. The number of thiazole rings is 1. The molecule has 2 N–H and O–H groups in total. The summed E-state index contributed by atoms with van der Waals surface area (Å²) in [6, 6.07) is 7.44. The van der Waals surface area contributed by atoms with E-state index in [0.717, 1.165) is 16.0 Å². The number of aromatic nitrogens is 1. The Bertz CT molecular complexity index is 664. The minimum absolute atomic E-state index is 0.163. The molecule has 116 valence electrons. The number of hydrogen-bond acceptors (Lipinski definition) is 4. The molecule has 0 bridgehead atoms. The summed E-state index contributed by atoms with van der Waals surface area (Å²) in [7, 11) is 0. The first kappa shape index (κ1) is 16.2.